The summed E-state index contributed by atoms with van der Waals surface area (Å²) >= 11 is 0. The van der Waals surface area contributed by atoms with Crippen molar-refractivity contribution in [3.05, 3.63) is 24.0 Å². The van der Waals surface area contributed by atoms with Crippen LogP contribution in [0.1, 0.15) is 31.6 Å². The highest BCUT2D eigenvalue weighted by atomic mass is 16.3. The van der Waals surface area contributed by atoms with E-state index >= 15 is 0 Å². The van der Waals surface area contributed by atoms with Crippen LogP contribution in [-0.4, -0.2) is 23.7 Å². The lowest BCUT2D eigenvalue weighted by atomic mass is 10.2. The highest BCUT2D eigenvalue weighted by molar-refractivity contribution is 5.44. The quantitative estimate of drug-likeness (QED) is 0.818. The van der Waals surface area contributed by atoms with Crippen LogP contribution >= 0.6 is 0 Å². The van der Waals surface area contributed by atoms with E-state index in [4.69, 9.17) is 0 Å². The molecule has 1 N–H and O–H groups in total. The normalized spacial score (nSPS) is 17.5. The smallest absolute Gasteiger partial charge is 0.0931 e. The lowest BCUT2D eigenvalue weighted by Crippen LogP contribution is -2.20. The highest BCUT2D eigenvalue weighted by Crippen LogP contribution is 2.30. The van der Waals surface area contributed by atoms with E-state index in [1.54, 1.807) is 6.92 Å². The summed E-state index contributed by atoms with van der Waals surface area (Å²) in [5.74, 6) is 0.881. The molecule has 82 valence electrons. The number of aliphatic hydroxyl groups excluding tert-OH is 1. The van der Waals surface area contributed by atoms with E-state index in [1.165, 1.54) is 12.8 Å². The molecule has 0 aromatic carbocycles. The number of hydrogen-bond donors (Lipinski definition) is 1. The average molecular weight is 206 g/mol. The predicted octanol–water partition coefficient (Wildman–Crippen LogP) is 1.98. The molecule has 1 atom stereocenters. The van der Waals surface area contributed by atoms with Gasteiger partial charge in [-0.05, 0) is 37.8 Å². The molecule has 1 saturated carbocycles. The molecule has 1 fully saturated rings. The van der Waals surface area contributed by atoms with Crippen molar-refractivity contribution in [1.29, 1.82) is 0 Å². The van der Waals surface area contributed by atoms with Crippen LogP contribution in [0.15, 0.2) is 18.3 Å². The predicted molar refractivity (Wildman–Crippen MR) is 60.9 cm³/mol. The molecule has 1 heterocycles. The van der Waals surface area contributed by atoms with Gasteiger partial charge in [-0.15, -0.1) is 0 Å². The van der Waals surface area contributed by atoms with Gasteiger partial charge in [0.15, 0.2) is 0 Å². The number of aromatic nitrogens is 1. The number of nitrogens with zero attached hydrogens (tertiary/aromatic N) is 2. The van der Waals surface area contributed by atoms with Crippen molar-refractivity contribution in [2.24, 2.45) is 5.92 Å². The maximum atomic E-state index is 9.33. The van der Waals surface area contributed by atoms with Gasteiger partial charge in [0.05, 0.1) is 23.7 Å². The Hall–Kier alpha value is -1.09. The largest absolute Gasteiger partial charge is 0.387 e. The van der Waals surface area contributed by atoms with Crippen molar-refractivity contribution in [3.8, 4) is 0 Å². The molecule has 0 saturated heterocycles. The van der Waals surface area contributed by atoms with E-state index < -0.39 is 6.10 Å². The molecule has 0 spiro atoms. The maximum Gasteiger partial charge on any atom is 0.0931 e. The van der Waals surface area contributed by atoms with Gasteiger partial charge in [-0.2, -0.15) is 0 Å². The van der Waals surface area contributed by atoms with Crippen LogP contribution in [0.4, 0.5) is 5.69 Å². The van der Waals surface area contributed by atoms with E-state index in [9.17, 15) is 5.11 Å². The molecule has 2 rings (SSSR count). The zero-order chi connectivity index (χ0) is 10.8. The molecule has 0 amide bonds. The van der Waals surface area contributed by atoms with E-state index in [0.29, 0.717) is 0 Å². The minimum atomic E-state index is -0.479. The Kier molecular flexibility index (Phi) is 2.91. The molecule has 1 aliphatic rings. The Morgan fingerprint density at radius 1 is 1.53 bits per heavy atom. The van der Waals surface area contributed by atoms with Gasteiger partial charge in [0.2, 0.25) is 0 Å². The third kappa shape index (κ3) is 2.69. The minimum Gasteiger partial charge on any atom is -0.387 e. The van der Waals surface area contributed by atoms with Crippen molar-refractivity contribution in [1.82, 2.24) is 4.98 Å². The van der Waals surface area contributed by atoms with Crippen LogP contribution in [0, 0.1) is 5.92 Å². The SMILES string of the molecule is CC(O)c1ccc(N(C)CC2CC2)cn1. The van der Waals surface area contributed by atoms with Gasteiger partial charge < -0.3 is 10.0 Å². The Labute approximate surface area is 90.8 Å². The average Bonchev–Trinajstić information content (AvgIpc) is 3.02. The summed E-state index contributed by atoms with van der Waals surface area (Å²) in [4.78, 5) is 6.47. The van der Waals surface area contributed by atoms with Crippen molar-refractivity contribution in [2.45, 2.75) is 25.9 Å². The molecule has 3 nitrogen and oxygen atoms in total. The van der Waals surface area contributed by atoms with Crippen LogP contribution in [0.25, 0.3) is 0 Å². The Balaban J connectivity index is 2.01. The minimum absolute atomic E-state index is 0.479. The highest BCUT2D eigenvalue weighted by Gasteiger charge is 2.23. The number of anilines is 1. The van der Waals surface area contributed by atoms with Crippen molar-refractivity contribution in [2.75, 3.05) is 18.5 Å². The van der Waals surface area contributed by atoms with Crippen LogP contribution < -0.4 is 4.90 Å². The molecule has 3 heteroatoms. The number of hydrogen-bond acceptors (Lipinski definition) is 3. The lowest BCUT2D eigenvalue weighted by Gasteiger charge is -2.18. The van der Waals surface area contributed by atoms with Crippen LogP contribution in [0.5, 0.6) is 0 Å². The molecular weight excluding hydrogens is 188 g/mol. The second-order valence-corrected chi connectivity index (χ2v) is 4.44. The molecule has 1 aliphatic carbocycles. The first-order chi connectivity index (χ1) is 7.16. The second-order valence-electron chi connectivity index (χ2n) is 4.44. The number of rotatable bonds is 4. The van der Waals surface area contributed by atoms with E-state index in [-0.39, 0.29) is 0 Å². The fourth-order valence-corrected chi connectivity index (χ4v) is 1.66. The van der Waals surface area contributed by atoms with Gasteiger partial charge in [0, 0.05) is 13.6 Å². The molecule has 0 aliphatic heterocycles. The zero-order valence-corrected chi connectivity index (χ0v) is 9.35. The van der Waals surface area contributed by atoms with Crippen LogP contribution in [-0.2, 0) is 0 Å². The third-order valence-electron chi connectivity index (χ3n) is 2.87. The molecule has 1 unspecified atom stereocenters. The zero-order valence-electron chi connectivity index (χ0n) is 9.35. The fraction of sp³-hybridized carbons (Fsp3) is 0.583. The van der Waals surface area contributed by atoms with E-state index in [2.05, 4.69) is 16.9 Å². The van der Waals surface area contributed by atoms with Crippen molar-refractivity contribution in [3.63, 3.8) is 0 Å². The Morgan fingerprint density at radius 2 is 2.27 bits per heavy atom. The van der Waals surface area contributed by atoms with Crippen LogP contribution in [0.2, 0.25) is 0 Å². The van der Waals surface area contributed by atoms with Gasteiger partial charge in [0.1, 0.15) is 0 Å². The van der Waals surface area contributed by atoms with Gasteiger partial charge in [-0.25, -0.2) is 0 Å². The summed E-state index contributed by atoms with van der Waals surface area (Å²) in [6.07, 6.45) is 4.09. The molecule has 15 heavy (non-hydrogen) atoms. The summed E-state index contributed by atoms with van der Waals surface area (Å²) in [5.41, 5.74) is 1.87. The maximum absolute atomic E-state index is 9.33. The van der Waals surface area contributed by atoms with Gasteiger partial charge in [0.25, 0.3) is 0 Å². The van der Waals surface area contributed by atoms with E-state index in [1.807, 2.05) is 18.3 Å². The molecular formula is C12H18N2O. The Morgan fingerprint density at radius 3 is 2.73 bits per heavy atom. The number of aliphatic hydroxyl groups is 1. The fourth-order valence-electron chi connectivity index (χ4n) is 1.66. The molecule has 0 bridgehead atoms. The first-order valence-corrected chi connectivity index (χ1v) is 5.52. The number of pyridine rings is 1. The lowest BCUT2D eigenvalue weighted by molar-refractivity contribution is 0.194. The van der Waals surface area contributed by atoms with Crippen molar-refractivity contribution >= 4 is 5.69 Å². The monoisotopic (exact) mass is 206 g/mol. The summed E-state index contributed by atoms with van der Waals surface area (Å²) in [7, 11) is 2.09. The van der Waals surface area contributed by atoms with E-state index in [0.717, 1.165) is 23.8 Å². The Bertz CT molecular complexity index is 317. The summed E-state index contributed by atoms with van der Waals surface area (Å²) in [6, 6.07) is 3.92. The summed E-state index contributed by atoms with van der Waals surface area (Å²) < 4.78 is 0. The molecule has 1 aromatic heterocycles. The molecule has 0 radical (unpaired) electrons. The first-order valence-electron chi connectivity index (χ1n) is 5.52. The van der Waals surface area contributed by atoms with Gasteiger partial charge >= 0.3 is 0 Å². The topological polar surface area (TPSA) is 36.4 Å². The standard InChI is InChI=1S/C12H18N2O/c1-9(15)12-6-5-11(7-13-12)14(2)8-10-3-4-10/h5-7,9-10,15H,3-4,8H2,1-2H3. The van der Waals surface area contributed by atoms with Gasteiger partial charge in [-0.3, -0.25) is 4.98 Å². The van der Waals surface area contributed by atoms with Gasteiger partial charge in [-0.1, -0.05) is 0 Å². The van der Waals surface area contributed by atoms with Crippen LogP contribution in [0.3, 0.4) is 0 Å². The van der Waals surface area contributed by atoms with Crippen molar-refractivity contribution < 1.29 is 5.11 Å². The molecule has 1 aromatic rings. The first kappa shape index (κ1) is 10.4. The third-order valence-corrected chi connectivity index (χ3v) is 2.87. The second kappa shape index (κ2) is 4.19. The summed E-state index contributed by atoms with van der Waals surface area (Å²) in [6.45, 7) is 2.85. The summed E-state index contributed by atoms with van der Waals surface area (Å²) in [5, 5.41) is 9.33.